The van der Waals surface area contributed by atoms with E-state index in [1.165, 1.54) is 17.0 Å². The maximum absolute atomic E-state index is 14.0. The van der Waals surface area contributed by atoms with Gasteiger partial charge in [-0.1, -0.05) is 25.1 Å². The van der Waals surface area contributed by atoms with Crippen molar-refractivity contribution in [2.24, 2.45) is 11.8 Å². The van der Waals surface area contributed by atoms with Crippen molar-refractivity contribution in [1.29, 1.82) is 0 Å². The molecule has 0 radical (unpaired) electrons. The molecule has 1 heterocycles. The zero-order valence-electron chi connectivity index (χ0n) is 23.1. The zero-order chi connectivity index (χ0) is 29.7. The van der Waals surface area contributed by atoms with Crippen molar-refractivity contribution in [1.82, 2.24) is 4.98 Å². The molecule has 1 N–H and O–H groups in total. The smallest absolute Gasteiger partial charge is 0.421 e. The van der Waals surface area contributed by atoms with Gasteiger partial charge in [-0.25, -0.2) is 9.78 Å². The van der Waals surface area contributed by atoms with E-state index in [0.29, 0.717) is 30.1 Å². The molecule has 0 saturated heterocycles. The molecular weight excluding hydrogens is 537 g/mol. The lowest BCUT2D eigenvalue weighted by molar-refractivity contribution is -0.138. The van der Waals surface area contributed by atoms with Gasteiger partial charge in [0.25, 0.3) is 0 Å². The van der Waals surface area contributed by atoms with E-state index in [0.717, 1.165) is 37.2 Å². The number of nitrogens with zero attached hydrogens (tertiary/aromatic N) is 2. The second-order valence-electron chi connectivity index (χ2n) is 10.6. The summed E-state index contributed by atoms with van der Waals surface area (Å²) in [7, 11) is 0. The number of ether oxygens (including phenoxy) is 2. The fourth-order valence-electron chi connectivity index (χ4n) is 4.97. The van der Waals surface area contributed by atoms with Crippen LogP contribution in [0.2, 0.25) is 0 Å². The van der Waals surface area contributed by atoms with Crippen LogP contribution in [0.3, 0.4) is 0 Å². The van der Waals surface area contributed by atoms with Crippen molar-refractivity contribution >= 4 is 17.6 Å². The third kappa shape index (κ3) is 7.36. The Hall–Kier alpha value is -4.08. The minimum Gasteiger partial charge on any atom is -0.491 e. The van der Waals surface area contributed by atoms with Crippen LogP contribution in [0.15, 0.2) is 60.8 Å². The number of alkyl halides is 3. The molecule has 1 amide bonds. The SMILES string of the molecule is CC1CCC(C(=O)N(Cc2ccccc2OC(C)C)c2ccc(Oc3ncccc3C(F)(F)F)cc2C(=O)O)CC1. The standard InChI is InChI=1S/C31H33F3N2O5/c1-19(2)40-27-9-5-4-7-22(27)18-36(29(37)21-12-10-20(3)11-13-21)26-15-14-23(17-24(26)30(38)39)41-28-25(31(32,33)34)8-6-16-35-28/h4-9,14-17,19-21H,10-13,18H2,1-3H3,(H,38,39). The number of hydrogen-bond acceptors (Lipinski definition) is 5. The summed E-state index contributed by atoms with van der Waals surface area (Å²) in [6.45, 7) is 5.96. The Kier molecular flexibility index (Phi) is 9.20. The van der Waals surface area contributed by atoms with Gasteiger partial charge >= 0.3 is 12.1 Å². The van der Waals surface area contributed by atoms with E-state index in [1.54, 1.807) is 6.07 Å². The Morgan fingerprint density at radius 3 is 2.41 bits per heavy atom. The Bertz CT molecular complexity index is 1380. The minimum absolute atomic E-state index is 0.0483. The number of carbonyl (C=O) groups is 2. The van der Waals surface area contributed by atoms with Crippen LogP contribution in [0, 0.1) is 11.8 Å². The summed E-state index contributed by atoms with van der Waals surface area (Å²) in [6, 6.07) is 13.1. The number of carboxylic acid groups (broad SMARTS) is 1. The van der Waals surface area contributed by atoms with Crippen molar-refractivity contribution in [3.05, 3.63) is 77.5 Å². The first-order chi connectivity index (χ1) is 19.4. The molecule has 218 valence electrons. The van der Waals surface area contributed by atoms with Crippen molar-refractivity contribution in [3.8, 4) is 17.4 Å². The molecule has 1 aliphatic rings. The van der Waals surface area contributed by atoms with E-state index in [9.17, 15) is 27.9 Å². The van der Waals surface area contributed by atoms with Crippen LogP contribution in [-0.4, -0.2) is 28.1 Å². The van der Waals surface area contributed by atoms with Gasteiger partial charge in [-0.05, 0) is 81.8 Å². The minimum atomic E-state index is -4.72. The van der Waals surface area contributed by atoms with Gasteiger partial charge in [-0.2, -0.15) is 13.2 Å². The number of amides is 1. The van der Waals surface area contributed by atoms with Crippen molar-refractivity contribution < 1.29 is 37.3 Å². The van der Waals surface area contributed by atoms with Crippen LogP contribution in [0.25, 0.3) is 0 Å². The van der Waals surface area contributed by atoms with Gasteiger partial charge < -0.3 is 19.5 Å². The molecule has 10 heteroatoms. The van der Waals surface area contributed by atoms with E-state index in [-0.39, 0.29) is 41.5 Å². The highest BCUT2D eigenvalue weighted by Crippen LogP contribution is 2.39. The third-order valence-electron chi connectivity index (χ3n) is 7.08. The van der Waals surface area contributed by atoms with E-state index >= 15 is 0 Å². The number of rotatable bonds is 9. The number of halogens is 3. The molecular formula is C31H33F3N2O5. The van der Waals surface area contributed by atoms with Crippen LogP contribution in [-0.2, 0) is 17.5 Å². The number of anilines is 1. The molecule has 4 rings (SSSR count). The average molecular weight is 571 g/mol. The summed E-state index contributed by atoms with van der Waals surface area (Å²) >= 11 is 0. The predicted octanol–water partition coefficient (Wildman–Crippen LogP) is 7.74. The Morgan fingerprint density at radius 2 is 1.76 bits per heavy atom. The van der Waals surface area contributed by atoms with E-state index in [4.69, 9.17) is 9.47 Å². The lowest BCUT2D eigenvalue weighted by Crippen LogP contribution is -2.38. The maximum atomic E-state index is 14.0. The lowest BCUT2D eigenvalue weighted by atomic mass is 9.82. The zero-order valence-corrected chi connectivity index (χ0v) is 23.1. The fourth-order valence-corrected chi connectivity index (χ4v) is 4.97. The second kappa shape index (κ2) is 12.6. The van der Waals surface area contributed by atoms with Crippen LogP contribution in [0.4, 0.5) is 18.9 Å². The number of carbonyl (C=O) groups excluding carboxylic acids is 1. The van der Waals surface area contributed by atoms with Gasteiger partial charge in [-0.15, -0.1) is 0 Å². The second-order valence-corrected chi connectivity index (χ2v) is 10.6. The highest BCUT2D eigenvalue weighted by atomic mass is 19.4. The van der Waals surface area contributed by atoms with Crippen LogP contribution >= 0.6 is 0 Å². The van der Waals surface area contributed by atoms with Gasteiger partial charge in [0.1, 0.15) is 17.1 Å². The van der Waals surface area contributed by atoms with E-state index in [1.807, 2.05) is 32.0 Å². The molecule has 1 aromatic heterocycles. The van der Waals surface area contributed by atoms with Crippen LogP contribution < -0.4 is 14.4 Å². The molecule has 2 aromatic carbocycles. The monoisotopic (exact) mass is 570 g/mol. The molecule has 0 unspecified atom stereocenters. The number of aromatic carboxylic acids is 1. The highest BCUT2D eigenvalue weighted by molar-refractivity contribution is 6.03. The molecule has 1 saturated carbocycles. The van der Waals surface area contributed by atoms with Crippen molar-refractivity contribution in [2.75, 3.05) is 4.90 Å². The van der Waals surface area contributed by atoms with Gasteiger partial charge in [0, 0.05) is 17.7 Å². The van der Waals surface area contributed by atoms with E-state index in [2.05, 4.69) is 11.9 Å². The molecule has 0 spiro atoms. The summed E-state index contributed by atoms with van der Waals surface area (Å²) < 4.78 is 51.8. The van der Waals surface area contributed by atoms with Crippen LogP contribution in [0.5, 0.6) is 17.4 Å². The normalized spacial score (nSPS) is 17.2. The maximum Gasteiger partial charge on any atom is 0.421 e. The summed E-state index contributed by atoms with van der Waals surface area (Å²) in [4.78, 5) is 31.6. The third-order valence-corrected chi connectivity index (χ3v) is 7.08. The Labute approximate surface area is 236 Å². The number of pyridine rings is 1. The summed E-state index contributed by atoms with van der Waals surface area (Å²) in [5, 5.41) is 10.1. The number of aromatic nitrogens is 1. The lowest BCUT2D eigenvalue weighted by Gasteiger charge is -2.32. The van der Waals surface area contributed by atoms with E-state index < -0.39 is 23.6 Å². The molecule has 7 nitrogen and oxygen atoms in total. The summed E-state index contributed by atoms with van der Waals surface area (Å²) in [5.41, 5.74) is -0.568. The topological polar surface area (TPSA) is 89.0 Å². The van der Waals surface area contributed by atoms with Crippen LogP contribution in [0.1, 0.15) is 67.9 Å². The predicted molar refractivity (Wildman–Crippen MR) is 147 cm³/mol. The number of benzene rings is 2. The molecule has 0 bridgehead atoms. The molecule has 1 fully saturated rings. The Morgan fingerprint density at radius 1 is 1.05 bits per heavy atom. The Balaban J connectivity index is 1.75. The fraction of sp³-hybridized carbons (Fsp3) is 0.387. The number of para-hydroxylation sites is 1. The van der Waals surface area contributed by atoms with Crippen molar-refractivity contribution in [2.45, 2.75) is 65.3 Å². The number of hydrogen-bond donors (Lipinski definition) is 1. The van der Waals surface area contributed by atoms with Gasteiger partial charge in [-0.3, -0.25) is 4.79 Å². The first kappa shape index (κ1) is 29.9. The molecule has 0 atom stereocenters. The molecule has 1 aliphatic carbocycles. The van der Waals surface area contributed by atoms with Gasteiger partial charge in [0.05, 0.1) is 23.9 Å². The molecule has 3 aromatic rings. The molecule has 0 aliphatic heterocycles. The van der Waals surface area contributed by atoms with Gasteiger partial charge in [0.15, 0.2) is 0 Å². The number of carboxylic acids is 1. The molecule has 41 heavy (non-hydrogen) atoms. The summed E-state index contributed by atoms with van der Waals surface area (Å²) in [5.74, 6) is -1.63. The average Bonchev–Trinajstić information content (AvgIpc) is 2.92. The summed E-state index contributed by atoms with van der Waals surface area (Å²) in [6.07, 6.45) is -0.541. The largest absolute Gasteiger partial charge is 0.491 e. The quantitative estimate of drug-likeness (QED) is 0.283. The first-order valence-corrected chi connectivity index (χ1v) is 13.6. The highest BCUT2D eigenvalue weighted by Gasteiger charge is 2.36. The van der Waals surface area contributed by atoms with Crippen molar-refractivity contribution in [3.63, 3.8) is 0 Å². The van der Waals surface area contributed by atoms with Gasteiger partial charge in [0.2, 0.25) is 11.8 Å². The first-order valence-electron chi connectivity index (χ1n) is 13.6.